The summed E-state index contributed by atoms with van der Waals surface area (Å²) in [6.07, 6.45) is 0.496. The van der Waals surface area contributed by atoms with Crippen LogP contribution in [0.15, 0.2) is 48.5 Å². The molecule has 0 saturated heterocycles. The second-order valence-corrected chi connectivity index (χ2v) is 4.92. The summed E-state index contributed by atoms with van der Waals surface area (Å²) in [5, 5.41) is 0. The molecule has 88 valence electrons. The predicted octanol–water partition coefficient (Wildman–Crippen LogP) is 4.64. The lowest BCUT2D eigenvalue weighted by Crippen LogP contribution is -1.98. The van der Waals surface area contributed by atoms with Crippen LogP contribution in [0.1, 0.15) is 16.0 Å². The number of rotatable bonds is 3. The molecule has 0 spiro atoms. The van der Waals surface area contributed by atoms with E-state index in [4.69, 9.17) is 0 Å². The highest BCUT2D eigenvalue weighted by Crippen LogP contribution is 2.27. The molecule has 0 amide bonds. The van der Waals surface area contributed by atoms with E-state index in [-0.39, 0.29) is 4.83 Å². The summed E-state index contributed by atoms with van der Waals surface area (Å²) in [7, 11) is 0. The van der Waals surface area contributed by atoms with Crippen LogP contribution in [0.25, 0.3) is 0 Å². The minimum absolute atomic E-state index is 0.0312. The molecule has 3 heteroatoms. The van der Waals surface area contributed by atoms with Crippen molar-refractivity contribution in [2.45, 2.75) is 11.2 Å². The molecule has 0 N–H and O–H groups in total. The third kappa shape index (κ3) is 3.13. The topological polar surface area (TPSA) is 0 Å². The van der Waals surface area contributed by atoms with Crippen molar-refractivity contribution < 1.29 is 8.78 Å². The van der Waals surface area contributed by atoms with Crippen LogP contribution < -0.4 is 0 Å². The molecular weight excluding hydrogens is 286 g/mol. The fraction of sp³-hybridized carbons (Fsp3) is 0.143. The van der Waals surface area contributed by atoms with Gasteiger partial charge in [0.2, 0.25) is 0 Å². The molecule has 0 radical (unpaired) electrons. The molecule has 0 heterocycles. The quantitative estimate of drug-likeness (QED) is 0.724. The average molecular weight is 297 g/mol. The molecule has 1 atom stereocenters. The number of halogens is 3. The summed E-state index contributed by atoms with van der Waals surface area (Å²) in [5.41, 5.74) is 1.59. The van der Waals surface area contributed by atoms with Gasteiger partial charge in [-0.1, -0.05) is 52.3 Å². The fourth-order valence-electron chi connectivity index (χ4n) is 1.66. The van der Waals surface area contributed by atoms with Crippen LogP contribution in [0.2, 0.25) is 0 Å². The third-order valence-electron chi connectivity index (χ3n) is 2.58. The van der Waals surface area contributed by atoms with Gasteiger partial charge >= 0.3 is 0 Å². The Hall–Kier alpha value is -1.22. The highest BCUT2D eigenvalue weighted by molar-refractivity contribution is 9.09. The lowest BCUT2D eigenvalue weighted by Gasteiger charge is -2.10. The lowest BCUT2D eigenvalue weighted by molar-refractivity contribution is 0.571. The van der Waals surface area contributed by atoms with Crippen molar-refractivity contribution in [3.63, 3.8) is 0 Å². The highest BCUT2D eigenvalue weighted by atomic mass is 79.9. The Morgan fingerprint density at radius 3 is 2.35 bits per heavy atom. The number of hydrogen-bond donors (Lipinski definition) is 0. The number of benzene rings is 2. The third-order valence-corrected chi connectivity index (χ3v) is 3.43. The van der Waals surface area contributed by atoms with Crippen molar-refractivity contribution in [3.8, 4) is 0 Å². The Labute approximate surface area is 107 Å². The summed E-state index contributed by atoms with van der Waals surface area (Å²) in [5.74, 6) is -1.04. The molecule has 2 aromatic rings. The first-order valence-electron chi connectivity index (χ1n) is 5.30. The maximum absolute atomic E-state index is 13.5. The van der Waals surface area contributed by atoms with Gasteiger partial charge in [0.05, 0.1) is 0 Å². The first-order chi connectivity index (χ1) is 8.16. The van der Waals surface area contributed by atoms with E-state index in [2.05, 4.69) is 15.9 Å². The molecule has 0 aliphatic heterocycles. The number of hydrogen-bond acceptors (Lipinski definition) is 0. The Morgan fingerprint density at radius 2 is 1.71 bits per heavy atom. The molecule has 0 nitrogen and oxygen atoms in total. The van der Waals surface area contributed by atoms with Gasteiger partial charge in [0.15, 0.2) is 0 Å². The van der Waals surface area contributed by atoms with Crippen molar-refractivity contribution in [2.75, 3.05) is 0 Å². The minimum atomic E-state index is -0.544. The van der Waals surface area contributed by atoms with Gasteiger partial charge in [-0.25, -0.2) is 8.78 Å². The molecule has 0 fully saturated rings. The smallest absolute Gasteiger partial charge is 0.129 e. The van der Waals surface area contributed by atoms with E-state index < -0.39 is 11.6 Å². The van der Waals surface area contributed by atoms with Gasteiger partial charge in [0.25, 0.3) is 0 Å². The number of alkyl halides is 1. The van der Waals surface area contributed by atoms with Crippen LogP contribution in [0.3, 0.4) is 0 Å². The molecule has 17 heavy (non-hydrogen) atoms. The fourth-order valence-corrected chi connectivity index (χ4v) is 2.31. The van der Waals surface area contributed by atoms with E-state index in [9.17, 15) is 8.78 Å². The summed E-state index contributed by atoms with van der Waals surface area (Å²) < 4.78 is 26.2. The van der Waals surface area contributed by atoms with Crippen LogP contribution in [0.5, 0.6) is 0 Å². The Bertz CT molecular complexity index is 497. The van der Waals surface area contributed by atoms with Crippen molar-refractivity contribution in [1.29, 1.82) is 0 Å². The molecule has 2 aromatic carbocycles. The maximum Gasteiger partial charge on any atom is 0.129 e. The van der Waals surface area contributed by atoms with Crippen LogP contribution >= 0.6 is 15.9 Å². The van der Waals surface area contributed by atoms with Crippen LogP contribution in [0, 0.1) is 11.6 Å². The average Bonchev–Trinajstić information content (AvgIpc) is 2.34. The van der Waals surface area contributed by atoms with Gasteiger partial charge in [-0.05, 0) is 23.6 Å². The molecular formula is C14H11BrF2. The van der Waals surface area contributed by atoms with E-state index in [1.165, 1.54) is 12.1 Å². The largest absolute Gasteiger partial charge is 0.207 e. The maximum atomic E-state index is 13.5. The molecule has 0 aromatic heterocycles. The standard InChI is InChI=1S/C14H11BrF2/c15-13(10-4-2-1-3-5-10)8-11-6-7-12(16)9-14(11)17/h1-7,9,13H,8H2. The van der Waals surface area contributed by atoms with Crippen molar-refractivity contribution >= 4 is 15.9 Å². The normalized spacial score (nSPS) is 12.4. The second kappa shape index (κ2) is 5.41. The van der Waals surface area contributed by atoms with Crippen molar-refractivity contribution in [1.82, 2.24) is 0 Å². The molecule has 1 unspecified atom stereocenters. The molecule has 0 bridgehead atoms. The monoisotopic (exact) mass is 296 g/mol. The summed E-state index contributed by atoms with van der Waals surface area (Å²) in [6, 6.07) is 13.4. The van der Waals surface area contributed by atoms with E-state index in [0.29, 0.717) is 12.0 Å². The zero-order chi connectivity index (χ0) is 12.3. The SMILES string of the molecule is Fc1ccc(CC(Br)c2ccccc2)c(F)c1. The van der Waals surface area contributed by atoms with E-state index in [1.807, 2.05) is 30.3 Å². The van der Waals surface area contributed by atoms with Crippen LogP contribution in [-0.4, -0.2) is 0 Å². The van der Waals surface area contributed by atoms with Gasteiger partial charge in [-0.3, -0.25) is 0 Å². The molecule has 0 saturated carbocycles. The van der Waals surface area contributed by atoms with Gasteiger partial charge in [-0.15, -0.1) is 0 Å². The molecule has 2 rings (SSSR count). The van der Waals surface area contributed by atoms with Crippen molar-refractivity contribution in [2.24, 2.45) is 0 Å². The van der Waals surface area contributed by atoms with Crippen molar-refractivity contribution in [3.05, 3.63) is 71.3 Å². The summed E-state index contributed by atoms with van der Waals surface area (Å²) in [6.45, 7) is 0. The van der Waals surface area contributed by atoms with Crippen LogP contribution in [-0.2, 0) is 6.42 Å². The zero-order valence-corrected chi connectivity index (χ0v) is 10.6. The van der Waals surface area contributed by atoms with E-state index in [0.717, 1.165) is 11.6 Å². The predicted molar refractivity (Wildman–Crippen MR) is 68.2 cm³/mol. The zero-order valence-electron chi connectivity index (χ0n) is 9.04. The van der Waals surface area contributed by atoms with Gasteiger partial charge < -0.3 is 0 Å². The van der Waals surface area contributed by atoms with Crippen LogP contribution in [0.4, 0.5) is 8.78 Å². The van der Waals surface area contributed by atoms with Gasteiger partial charge in [-0.2, -0.15) is 0 Å². The molecule has 0 aliphatic carbocycles. The lowest BCUT2D eigenvalue weighted by atomic mass is 10.0. The summed E-state index contributed by atoms with van der Waals surface area (Å²) >= 11 is 3.51. The molecule has 0 aliphatic rings. The highest BCUT2D eigenvalue weighted by Gasteiger charge is 2.11. The Morgan fingerprint density at radius 1 is 1.00 bits per heavy atom. The van der Waals surface area contributed by atoms with E-state index >= 15 is 0 Å². The minimum Gasteiger partial charge on any atom is -0.207 e. The summed E-state index contributed by atoms with van der Waals surface area (Å²) in [4.78, 5) is 0.0312. The first-order valence-corrected chi connectivity index (χ1v) is 6.21. The first kappa shape index (κ1) is 12.2. The second-order valence-electron chi connectivity index (χ2n) is 3.82. The van der Waals surface area contributed by atoms with Gasteiger partial charge in [0.1, 0.15) is 11.6 Å². The Kier molecular flexibility index (Phi) is 3.89. The van der Waals surface area contributed by atoms with E-state index in [1.54, 1.807) is 0 Å². The Balaban J connectivity index is 2.16. The van der Waals surface area contributed by atoms with Gasteiger partial charge in [0, 0.05) is 10.9 Å².